The predicted molar refractivity (Wildman–Crippen MR) is 77.0 cm³/mol. The normalized spacial score (nSPS) is 25.9. The van der Waals surface area contributed by atoms with E-state index in [2.05, 4.69) is 0 Å². The van der Waals surface area contributed by atoms with Gasteiger partial charge in [-0.1, -0.05) is 48.5 Å². The van der Waals surface area contributed by atoms with Gasteiger partial charge in [0.25, 0.3) is 0 Å². The third-order valence-corrected chi connectivity index (χ3v) is 6.49. The minimum atomic E-state index is -3.51. The molecule has 0 unspecified atom stereocenters. The molecule has 4 heteroatoms. The SMILES string of the molecule is O=S(=O)(c1ccccc1)C1(c2ccccc2)CC(O)C1. The number of aliphatic hydroxyl groups excluding tert-OH is 1. The first-order valence-corrected chi connectivity index (χ1v) is 8.08. The maximum absolute atomic E-state index is 13.0. The van der Waals surface area contributed by atoms with E-state index in [0.29, 0.717) is 4.90 Å². The van der Waals surface area contributed by atoms with Crippen molar-refractivity contribution in [2.75, 3.05) is 0 Å². The maximum atomic E-state index is 13.0. The lowest BCUT2D eigenvalue weighted by Crippen LogP contribution is -2.50. The molecule has 0 saturated heterocycles. The molecule has 20 heavy (non-hydrogen) atoms. The van der Waals surface area contributed by atoms with Gasteiger partial charge in [0, 0.05) is 0 Å². The quantitative estimate of drug-likeness (QED) is 0.944. The monoisotopic (exact) mass is 288 g/mol. The summed E-state index contributed by atoms with van der Waals surface area (Å²) in [6, 6.07) is 17.7. The van der Waals surface area contributed by atoms with Gasteiger partial charge < -0.3 is 5.11 Å². The number of rotatable bonds is 3. The molecule has 3 nitrogen and oxygen atoms in total. The summed E-state index contributed by atoms with van der Waals surface area (Å²) in [6.07, 6.45) is -0.0312. The lowest BCUT2D eigenvalue weighted by molar-refractivity contribution is 0.0554. The summed E-state index contributed by atoms with van der Waals surface area (Å²) in [5.74, 6) is 0. The second kappa shape index (κ2) is 4.72. The van der Waals surface area contributed by atoms with E-state index < -0.39 is 20.7 Å². The highest BCUT2D eigenvalue weighted by Crippen LogP contribution is 2.50. The Labute approximate surface area is 118 Å². The summed E-state index contributed by atoms with van der Waals surface area (Å²) in [5.41, 5.74) is 0.758. The van der Waals surface area contributed by atoms with E-state index in [1.165, 1.54) is 0 Å². The smallest absolute Gasteiger partial charge is 0.188 e. The molecular weight excluding hydrogens is 272 g/mol. The molecule has 0 aliphatic heterocycles. The number of hydrogen-bond donors (Lipinski definition) is 1. The molecule has 1 saturated carbocycles. The van der Waals surface area contributed by atoms with Crippen molar-refractivity contribution < 1.29 is 13.5 Å². The molecule has 2 aromatic carbocycles. The van der Waals surface area contributed by atoms with Gasteiger partial charge in [0.1, 0.15) is 4.75 Å². The van der Waals surface area contributed by atoms with Crippen molar-refractivity contribution in [3.05, 3.63) is 66.2 Å². The van der Waals surface area contributed by atoms with E-state index in [1.54, 1.807) is 30.3 Å². The Kier molecular flexibility index (Phi) is 3.15. The highest BCUT2D eigenvalue weighted by Gasteiger charge is 2.55. The molecule has 0 radical (unpaired) electrons. The number of aliphatic hydroxyl groups is 1. The number of sulfone groups is 1. The number of benzene rings is 2. The van der Waals surface area contributed by atoms with Crippen LogP contribution in [0.2, 0.25) is 0 Å². The Morgan fingerprint density at radius 3 is 1.90 bits per heavy atom. The fourth-order valence-electron chi connectivity index (χ4n) is 2.88. The van der Waals surface area contributed by atoms with Crippen LogP contribution >= 0.6 is 0 Å². The Morgan fingerprint density at radius 2 is 1.40 bits per heavy atom. The van der Waals surface area contributed by atoms with Crippen LogP contribution in [0.15, 0.2) is 65.6 Å². The van der Waals surface area contributed by atoms with Crippen molar-refractivity contribution in [1.82, 2.24) is 0 Å². The zero-order valence-corrected chi connectivity index (χ0v) is 11.8. The largest absolute Gasteiger partial charge is 0.393 e. The van der Waals surface area contributed by atoms with E-state index in [1.807, 2.05) is 30.3 Å². The summed E-state index contributed by atoms with van der Waals surface area (Å²) in [5, 5.41) is 9.69. The maximum Gasteiger partial charge on any atom is 0.188 e. The second-order valence-corrected chi connectivity index (χ2v) is 7.50. The van der Waals surface area contributed by atoms with Crippen molar-refractivity contribution in [1.29, 1.82) is 0 Å². The molecule has 2 aromatic rings. The van der Waals surface area contributed by atoms with E-state index in [4.69, 9.17) is 0 Å². The van der Waals surface area contributed by atoms with Crippen molar-refractivity contribution in [3.63, 3.8) is 0 Å². The van der Waals surface area contributed by atoms with Crippen LogP contribution in [0.3, 0.4) is 0 Å². The highest BCUT2D eigenvalue weighted by molar-refractivity contribution is 7.92. The van der Waals surface area contributed by atoms with Gasteiger partial charge in [-0.15, -0.1) is 0 Å². The first-order valence-electron chi connectivity index (χ1n) is 6.59. The summed E-state index contributed by atoms with van der Waals surface area (Å²) < 4.78 is 25.0. The van der Waals surface area contributed by atoms with E-state index in [-0.39, 0.29) is 12.8 Å². The van der Waals surface area contributed by atoms with Crippen LogP contribution in [0.1, 0.15) is 18.4 Å². The zero-order valence-electron chi connectivity index (χ0n) is 10.9. The van der Waals surface area contributed by atoms with Crippen molar-refractivity contribution in [3.8, 4) is 0 Å². The van der Waals surface area contributed by atoms with Crippen LogP contribution in [0.4, 0.5) is 0 Å². The summed E-state index contributed by atoms with van der Waals surface area (Å²) in [6.45, 7) is 0. The standard InChI is InChI=1S/C16H16O3S/c17-14-11-16(12-14,13-7-3-1-4-8-13)20(18,19)15-9-5-2-6-10-15/h1-10,14,17H,11-12H2. The summed E-state index contributed by atoms with van der Waals surface area (Å²) in [4.78, 5) is 0.316. The van der Waals surface area contributed by atoms with Gasteiger partial charge in [0.15, 0.2) is 9.84 Å². The van der Waals surface area contributed by atoms with E-state index in [0.717, 1.165) is 5.56 Å². The molecule has 3 rings (SSSR count). The van der Waals surface area contributed by atoms with Gasteiger partial charge in [-0.25, -0.2) is 8.42 Å². The van der Waals surface area contributed by atoms with Crippen LogP contribution in [0.5, 0.6) is 0 Å². The molecular formula is C16H16O3S. The third kappa shape index (κ3) is 1.87. The molecule has 1 aliphatic rings. The minimum Gasteiger partial charge on any atom is -0.393 e. The lowest BCUT2D eigenvalue weighted by atomic mass is 9.76. The van der Waals surface area contributed by atoms with Gasteiger partial charge in [-0.3, -0.25) is 0 Å². The summed E-state index contributed by atoms with van der Waals surface area (Å²) in [7, 11) is -3.51. The number of hydrogen-bond acceptors (Lipinski definition) is 3. The van der Waals surface area contributed by atoms with Crippen molar-refractivity contribution >= 4 is 9.84 Å². The van der Waals surface area contributed by atoms with Crippen molar-refractivity contribution in [2.45, 2.75) is 28.6 Å². The second-order valence-electron chi connectivity index (χ2n) is 5.24. The van der Waals surface area contributed by atoms with Crippen molar-refractivity contribution in [2.24, 2.45) is 0 Å². The minimum absolute atomic E-state index is 0.258. The van der Waals surface area contributed by atoms with Gasteiger partial charge in [-0.2, -0.15) is 0 Å². The van der Waals surface area contributed by atoms with Crippen LogP contribution in [0.25, 0.3) is 0 Å². The average molecular weight is 288 g/mol. The van der Waals surface area contributed by atoms with E-state index in [9.17, 15) is 13.5 Å². The topological polar surface area (TPSA) is 54.4 Å². The van der Waals surface area contributed by atoms with E-state index >= 15 is 0 Å². The van der Waals surface area contributed by atoms with Crippen LogP contribution in [0, 0.1) is 0 Å². The molecule has 0 amide bonds. The fraction of sp³-hybridized carbons (Fsp3) is 0.250. The first-order chi connectivity index (χ1) is 9.56. The van der Waals surface area contributed by atoms with Gasteiger partial charge in [0.05, 0.1) is 11.0 Å². The molecule has 104 valence electrons. The third-order valence-electron chi connectivity index (χ3n) is 4.00. The van der Waals surface area contributed by atoms with Gasteiger partial charge in [-0.05, 0) is 30.5 Å². The Morgan fingerprint density at radius 1 is 0.900 bits per heavy atom. The van der Waals surface area contributed by atoms with Crippen LogP contribution < -0.4 is 0 Å². The Bertz CT molecular complexity index is 687. The lowest BCUT2D eigenvalue weighted by Gasteiger charge is -2.44. The fourth-order valence-corrected chi connectivity index (χ4v) is 5.12. The zero-order chi connectivity index (χ0) is 14.2. The van der Waals surface area contributed by atoms with Crippen LogP contribution in [-0.2, 0) is 14.6 Å². The first kappa shape index (κ1) is 13.3. The molecule has 0 spiro atoms. The van der Waals surface area contributed by atoms with Gasteiger partial charge in [0.2, 0.25) is 0 Å². The molecule has 0 bridgehead atoms. The average Bonchev–Trinajstić information content (AvgIpc) is 2.45. The Balaban J connectivity index is 2.13. The summed E-state index contributed by atoms with van der Waals surface area (Å²) >= 11 is 0. The molecule has 0 heterocycles. The van der Waals surface area contributed by atoms with Gasteiger partial charge >= 0.3 is 0 Å². The molecule has 1 N–H and O–H groups in total. The molecule has 0 atom stereocenters. The predicted octanol–water partition coefficient (Wildman–Crippen LogP) is 2.51. The Hall–Kier alpha value is -1.65. The molecule has 1 aliphatic carbocycles. The highest BCUT2D eigenvalue weighted by atomic mass is 32.2. The van der Waals surface area contributed by atoms with Crippen LogP contribution in [-0.4, -0.2) is 19.6 Å². The molecule has 1 fully saturated rings. The molecule has 0 aromatic heterocycles.